The molecule has 0 spiro atoms. The van der Waals surface area contributed by atoms with Crippen molar-refractivity contribution in [1.82, 2.24) is 0 Å². The molecule has 11 aromatic carbocycles. The van der Waals surface area contributed by atoms with Gasteiger partial charge in [-0.15, -0.1) is 0 Å². The first-order chi connectivity index (χ1) is 35.2. The smallest absolute Gasteiger partial charge is 0.184 e. The largest absolute Gasteiger partial charge is 0.454 e. The summed E-state index contributed by atoms with van der Waals surface area (Å²) in [5, 5.41) is 9.53. The Labute approximate surface area is 413 Å². The van der Waals surface area contributed by atoms with Crippen LogP contribution < -0.4 is 30.5 Å². The second-order valence-electron chi connectivity index (χ2n) is 18.0. The van der Waals surface area contributed by atoms with Gasteiger partial charge in [0.25, 0.3) is 0 Å². The van der Waals surface area contributed by atoms with Crippen molar-refractivity contribution in [2.24, 2.45) is 0 Å². The van der Waals surface area contributed by atoms with Crippen LogP contribution in [0, 0.1) is 0 Å². The molecule has 4 nitrogen and oxygen atoms in total. The van der Waals surface area contributed by atoms with Crippen molar-refractivity contribution in [3.05, 3.63) is 279 Å². The van der Waals surface area contributed by atoms with Crippen LogP contribution in [-0.4, -0.2) is 8.07 Å². The van der Waals surface area contributed by atoms with Gasteiger partial charge in [0, 0.05) is 44.3 Å². The third-order valence-electron chi connectivity index (χ3n) is 14.0. The van der Waals surface area contributed by atoms with Gasteiger partial charge in [0.1, 0.15) is 11.2 Å². The zero-order valence-electron chi connectivity index (χ0n) is 38.8. The van der Waals surface area contributed by atoms with Crippen LogP contribution in [0.4, 0.5) is 34.1 Å². The predicted octanol–water partition coefficient (Wildman–Crippen LogP) is 15.5. The van der Waals surface area contributed by atoms with E-state index in [0.29, 0.717) is 0 Å². The third kappa shape index (κ3) is 7.13. The van der Waals surface area contributed by atoms with E-state index in [1.165, 1.54) is 20.7 Å². The summed E-state index contributed by atoms with van der Waals surface area (Å²) < 4.78 is 14.0. The van der Waals surface area contributed by atoms with E-state index in [1.807, 2.05) is 12.1 Å². The van der Waals surface area contributed by atoms with E-state index in [9.17, 15) is 0 Å². The van der Waals surface area contributed by atoms with Crippen LogP contribution >= 0.6 is 0 Å². The normalized spacial score (nSPS) is 11.7. The molecule has 0 aliphatic carbocycles. The topological polar surface area (TPSA) is 32.8 Å². The van der Waals surface area contributed by atoms with E-state index in [2.05, 4.69) is 277 Å². The van der Waals surface area contributed by atoms with Crippen molar-refractivity contribution < 1.29 is 8.83 Å². The van der Waals surface area contributed by atoms with Crippen LogP contribution in [0.5, 0.6) is 0 Å². The third-order valence-corrected chi connectivity index (χ3v) is 18.8. The lowest BCUT2D eigenvalue weighted by atomic mass is 10.0. The highest BCUT2D eigenvalue weighted by molar-refractivity contribution is 7.20. The van der Waals surface area contributed by atoms with E-state index >= 15 is 0 Å². The number of nitrogens with zero attached hydrogens (tertiary/aromatic N) is 2. The molecule has 0 unspecified atom stereocenters. The van der Waals surface area contributed by atoms with Crippen LogP contribution in [0.3, 0.4) is 0 Å². The Hall–Kier alpha value is -9.16. The summed E-state index contributed by atoms with van der Waals surface area (Å²) in [5.74, 6) is 0. The van der Waals surface area contributed by atoms with E-state index in [0.717, 1.165) is 89.1 Å². The monoisotopic (exact) mass is 926 g/mol. The first-order valence-electron chi connectivity index (χ1n) is 24.2. The summed E-state index contributed by atoms with van der Waals surface area (Å²) >= 11 is 0. The van der Waals surface area contributed by atoms with E-state index < -0.39 is 8.07 Å². The summed E-state index contributed by atoms with van der Waals surface area (Å²) in [5.41, 5.74) is 11.9. The number of anilines is 6. The Kier molecular flexibility index (Phi) is 10.5. The first-order valence-corrected chi connectivity index (χ1v) is 26.2. The van der Waals surface area contributed by atoms with E-state index in [1.54, 1.807) is 0 Å². The zero-order chi connectivity index (χ0) is 47.1. The second-order valence-corrected chi connectivity index (χ2v) is 21.7. The predicted molar refractivity (Wildman–Crippen MR) is 299 cm³/mol. The molecule has 2 aromatic heterocycles. The molecule has 0 N–H and O–H groups in total. The Bertz CT molecular complexity index is 3870. The minimum atomic E-state index is -2.92. The summed E-state index contributed by atoms with van der Waals surface area (Å²) in [6.07, 6.45) is 0. The highest BCUT2D eigenvalue weighted by atomic mass is 28.3. The first kappa shape index (κ1) is 42.0. The van der Waals surface area contributed by atoms with Crippen molar-refractivity contribution in [1.29, 1.82) is 0 Å². The lowest BCUT2D eigenvalue weighted by Gasteiger charge is -2.34. The molecule has 13 aromatic rings. The van der Waals surface area contributed by atoms with Gasteiger partial charge in [-0.1, -0.05) is 212 Å². The molecule has 0 radical (unpaired) electrons. The van der Waals surface area contributed by atoms with Crippen LogP contribution in [0.1, 0.15) is 0 Å². The maximum atomic E-state index is 7.42. The molecule has 0 aliphatic rings. The second kappa shape index (κ2) is 17.7. The van der Waals surface area contributed by atoms with Gasteiger partial charge in [-0.3, -0.25) is 0 Å². The van der Waals surface area contributed by atoms with Gasteiger partial charge in [-0.2, -0.15) is 0 Å². The fraction of sp³-hybridized carbons (Fsp3) is 0. The Morgan fingerprint density at radius 1 is 0.254 bits per heavy atom. The molecule has 0 aliphatic heterocycles. The van der Waals surface area contributed by atoms with Crippen LogP contribution in [0.2, 0.25) is 0 Å². The lowest BCUT2D eigenvalue weighted by molar-refractivity contribution is 0.669. The van der Waals surface area contributed by atoms with Crippen molar-refractivity contribution >= 4 is 107 Å². The number of benzene rings is 11. The number of hydrogen-bond donors (Lipinski definition) is 0. The molecule has 0 bridgehead atoms. The molecule has 0 amide bonds. The van der Waals surface area contributed by atoms with Crippen molar-refractivity contribution in [3.8, 4) is 11.1 Å². The maximum absolute atomic E-state index is 7.42. The van der Waals surface area contributed by atoms with Gasteiger partial charge in [-0.05, 0) is 98.6 Å². The molecular formula is C66H46N2O2Si. The van der Waals surface area contributed by atoms with Crippen LogP contribution in [0.15, 0.2) is 288 Å². The Morgan fingerprint density at radius 3 is 1.08 bits per heavy atom. The fourth-order valence-corrected chi connectivity index (χ4v) is 15.7. The SMILES string of the molecule is c1ccc(N(c2ccc(-c3ccc(N(c4ccccc4)c4cccc5c4oc4c([Si](c6ccccc6)(c6ccccc6)c6ccccc6)cccc45)cc3)cc2)c2cccc3c2oc2ccccc23)cc1. The van der Waals surface area contributed by atoms with Gasteiger partial charge in [0.15, 0.2) is 19.2 Å². The van der Waals surface area contributed by atoms with E-state index in [4.69, 9.17) is 8.83 Å². The van der Waals surface area contributed by atoms with Gasteiger partial charge in [-0.25, -0.2) is 0 Å². The summed E-state index contributed by atoms with van der Waals surface area (Å²) in [6.45, 7) is 0. The molecule has 336 valence electrons. The number of fused-ring (bicyclic) bond motifs is 6. The summed E-state index contributed by atoms with van der Waals surface area (Å²) in [4.78, 5) is 4.61. The van der Waals surface area contributed by atoms with Crippen LogP contribution in [0.25, 0.3) is 55.0 Å². The minimum absolute atomic E-state index is 0.844. The average Bonchev–Trinajstić information content (AvgIpc) is 4.04. The molecule has 5 heteroatoms. The minimum Gasteiger partial charge on any atom is -0.454 e. The maximum Gasteiger partial charge on any atom is 0.184 e. The van der Waals surface area contributed by atoms with Gasteiger partial charge in [0.05, 0.1) is 11.4 Å². The molecule has 0 atom stereocenters. The van der Waals surface area contributed by atoms with E-state index in [-0.39, 0.29) is 0 Å². The van der Waals surface area contributed by atoms with Crippen molar-refractivity contribution in [2.75, 3.05) is 9.80 Å². The molecule has 71 heavy (non-hydrogen) atoms. The lowest BCUT2D eigenvalue weighted by Crippen LogP contribution is -2.74. The molecule has 0 saturated heterocycles. The zero-order valence-corrected chi connectivity index (χ0v) is 39.8. The van der Waals surface area contributed by atoms with Gasteiger partial charge < -0.3 is 18.6 Å². The van der Waals surface area contributed by atoms with Crippen LogP contribution in [-0.2, 0) is 0 Å². The molecular weight excluding hydrogens is 881 g/mol. The number of furan rings is 2. The Balaban J connectivity index is 0.913. The average molecular weight is 927 g/mol. The molecule has 13 rings (SSSR count). The standard InChI is InChI=1S/C66H46N2O2Si/c1-6-21-49(22-7-1)67(60-35-18-32-57-56-31-16-17-37-62(56)69-64(57)60)51-43-39-47(40-44-51)48-41-45-52(46-42-48)68(50-23-8-2-9-24-50)61-36-19-33-58-59-34-20-38-63(66(59)70-65(58)61)71(53-25-10-3-11-26-53,54-27-12-4-13-28-54)55-29-14-5-15-30-55/h1-46H. The van der Waals surface area contributed by atoms with Crippen molar-refractivity contribution in [3.63, 3.8) is 0 Å². The van der Waals surface area contributed by atoms with Gasteiger partial charge >= 0.3 is 0 Å². The molecule has 0 fully saturated rings. The number of rotatable bonds is 11. The summed E-state index contributed by atoms with van der Waals surface area (Å²) in [6, 6.07) is 100.0. The Morgan fingerprint density at radius 2 is 0.606 bits per heavy atom. The van der Waals surface area contributed by atoms with Gasteiger partial charge in [0.2, 0.25) is 0 Å². The van der Waals surface area contributed by atoms with Crippen molar-refractivity contribution in [2.45, 2.75) is 0 Å². The fourth-order valence-electron chi connectivity index (χ4n) is 10.8. The molecule has 2 heterocycles. The highest BCUT2D eigenvalue weighted by Gasteiger charge is 2.43. The highest BCUT2D eigenvalue weighted by Crippen LogP contribution is 2.44. The number of hydrogen-bond acceptors (Lipinski definition) is 4. The number of para-hydroxylation sites is 6. The quantitative estimate of drug-likeness (QED) is 0.0956. The summed E-state index contributed by atoms with van der Waals surface area (Å²) in [7, 11) is -2.92. The molecule has 0 saturated carbocycles.